The molecule has 0 aliphatic carbocycles. The van der Waals surface area contributed by atoms with Crippen LogP contribution in [0.4, 0.5) is 0 Å². The van der Waals surface area contributed by atoms with Crippen LogP contribution in [0.2, 0.25) is 0 Å². The van der Waals surface area contributed by atoms with Crippen LogP contribution in [0.25, 0.3) is 0 Å². The second kappa shape index (κ2) is 5.72. The van der Waals surface area contributed by atoms with Gasteiger partial charge in [0.25, 0.3) is 0 Å². The fourth-order valence-electron chi connectivity index (χ4n) is 2.42. The largest absolute Gasteiger partial charge is 0.481 e. The predicted molar refractivity (Wildman–Crippen MR) is 70.2 cm³/mol. The molecule has 0 aromatic rings. The van der Waals surface area contributed by atoms with Gasteiger partial charge in [-0.2, -0.15) is 0 Å². The van der Waals surface area contributed by atoms with Crippen molar-refractivity contribution in [3.8, 4) is 0 Å². The van der Waals surface area contributed by atoms with Gasteiger partial charge in [0, 0.05) is 19.5 Å². The summed E-state index contributed by atoms with van der Waals surface area (Å²) in [5.41, 5.74) is 0.252. The first-order valence-corrected chi connectivity index (χ1v) is 6.71. The number of rotatable bonds is 4. The van der Waals surface area contributed by atoms with Crippen molar-refractivity contribution in [2.45, 2.75) is 47.0 Å². The van der Waals surface area contributed by atoms with Gasteiger partial charge in [0.05, 0.1) is 5.92 Å². The van der Waals surface area contributed by atoms with Crippen LogP contribution in [-0.2, 0) is 9.59 Å². The number of carbonyl (C=O) groups excluding carboxylic acids is 1. The molecule has 2 atom stereocenters. The molecule has 1 fully saturated rings. The number of amides is 1. The van der Waals surface area contributed by atoms with Crippen LogP contribution in [-0.4, -0.2) is 35.0 Å². The summed E-state index contributed by atoms with van der Waals surface area (Å²) in [4.78, 5) is 24.7. The topological polar surface area (TPSA) is 57.6 Å². The molecule has 1 rings (SSSR count). The molecule has 1 aliphatic heterocycles. The molecule has 0 unspecified atom stereocenters. The number of likely N-dealkylation sites (tertiary alicyclic amines) is 1. The summed E-state index contributed by atoms with van der Waals surface area (Å²) in [7, 11) is 0. The highest BCUT2D eigenvalue weighted by Crippen LogP contribution is 2.25. The molecule has 1 heterocycles. The highest BCUT2D eigenvalue weighted by atomic mass is 16.4. The van der Waals surface area contributed by atoms with Crippen LogP contribution in [0.3, 0.4) is 0 Å². The SMILES string of the molecule is C[C@@H]1CN(C(=O)CCCC(C)(C)C)C[C@H]1C(=O)O. The molecular weight excluding hydrogens is 230 g/mol. The van der Waals surface area contributed by atoms with E-state index in [0.717, 1.165) is 12.8 Å². The summed E-state index contributed by atoms with van der Waals surface area (Å²) in [6, 6.07) is 0. The van der Waals surface area contributed by atoms with Gasteiger partial charge < -0.3 is 10.0 Å². The van der Waals surface area contributed by atoms with Gasteiger partial charge in [-0.1, -0.05) is 27.7 Å². The minimum Gasteiger partial charge on any atom is -0.481 e. The van der Waals surface area contributed by atoms with Crippen molar-refractivity contribution in [2.24, 2.45) is 17.3 Å². The van der Waals surface area contributed by atoms with E-state index in [1.165, 1.54) is 0 Å². The molecule has 0 aromatic heterocycles. The molecule has 1 aliphatic rings. The van der Waals surface area contributed by atoms with E-state index in [0.29, 0.717) is 19.5 Å². The Morgan fingerprint density at radius 2 is 1.89 bits per heavy atom. The van der Waals surface area contributed by atoms with Gasteiger partial charge in [-0.25, -0.2) is 0 Å². The van der Waals surface area contributed by atoms with Crippen molar-refractivity contribution in [3.63, 3.8) is 0 Å². The van der Waals surface area contributed by atoms with Crippen molar-refractivity contribution in [2.75, 3.05) is 13.1 Å². The second-order valence-electron chi connectivity index (χ2n) is 6.63. The molecule has 4 nitrogen and oxygen atoms in total. The molecule has 0 spiro atoms. The lowest BCUT2D eigenvalue weighted by Crippen LogP contribution is -2.29. The van der Waals surface area contributed by atoms with Crippen LogP contribution in [0.1, 0.15) is 47.0 Å². The highest BCUT2D eigenvalue weighted by Gasteiger charge is 2.36. The Hall–Kier alpha value is -1.06. The van der Waals surface area contributed by atoms with E-state index in [9.17, 15) is 9.59 Å². The molecule has 1 N–H and O–H groups in total. The third kappa shape index (κ3) is 4.31. The van der Waals surface area contributed by atoms with Crippen LogP contribution >= 0.6 is 0 Å². The summed E-state index contributed by atoms with van der Waals surface area (Å²) in [6.45, 7) is 9.36. The number of nitrogens with zero attached hydrogens (tertiary/aromatic N) is 1. The van der Waals surface area contributed by atoms with E-state index in [4.69, 9.17) is 5.11 Å². The number of aliphatic carboxylic acids is 1. The summed E-state index contributed by atoms with van der Waals surface area (Å²) in [6.07, 6.45) is 2.44. The molecule has 1 saturated heterocycles. The monoisotopic (exact) mass is 255 g/mol. The third-order valence-electron chi connectivity index (χ3n) is 3.60. The van der Waals surface area contributed by atoms with Gasteiger partial charge in [0.1, 0.15) is 0 Å². The zero-order chi connectivity index (χ0) is 13.9. The third-order valence-corrected chi connectivity index (χ3v) is 3.60. The van der Waals surface area contributed by atoms with Gasteiger partial charge in [0.15, 0.2) is 0 Å². The number of carbonyl (C=O) groups is 2. The summed E-state index contributed by atoms with van der Waals surface area (Å²) < 4.78 is 0. The standard InChI is InChI=1S/C14H25NO3/c1-10-8-15(9-11(10)13(17)18)12(16)6-5-7-14(2,3)4/h10-11H,5-9H2,1-4H3,(H,17,18)/t10-,11-/m1/s1. The Morgan fingerprint density at radius 3 is 2.33 bits per heavy atom. The van der Waals surface area contributed by atoms with Gasteiger partial charge in [-0.15, -0.1) is 0 Å². The second-order valence-corrected chi connectivity index (χ2v) is 6.63. The zero-order valence-electron chi connectivity index (χ0n) is 11.9. The average molecular weight is 255 g/mol. The quantitative estimate of drug-likeness (QED) is 0.839. The normalized spacial score (nSPS) is 24.3. The average Bonchev–Trinajstić information content (AvgIpc) is 2.58. The first-order valence-electron chi connectivity index (χ1n) is 6.71. The molecule has 18 heavy (non-hydrogen) atoms. The predicted octanol–water partition coefficient (Wildman–Crippen LogP) is 2.38. The molecular formula is C14H25NO3. The minimum atomic E-state index is -0.785. The zero-order valence-corrected chi connectivity index (χ0v) is 11.9. The fraction of sp³-hybridized carbons (Fsp3) is 0.857. The molecule has 0 radical (unpaired) electrons. The van der Waals surface area contributed by atoms with Crippen LogP contribution in [0.15, 0.2) is 0 Å². The molecule has 104 valence electrons. The van der Waals surface area contributed by atoms with Gasteiger partial charge in [0.2, 0.25) is 5.91 Å². The lowest BCUT2D eigenvalue weighted by atomic mass is 9.90. The first-order chi connectivity index (χ1) is 8.20. The van der Waals surface area contributed by atoms with Crippen molar-refractivity contribution >= 4 is 11.9 Å². The minimum absolute atomic E-state index is 0.0640. The van der Waals surface area contributed by atoms with Crippen molar-refractivity contribution in [3.05, 3.63) is 0 Å². The van der Waals surface area contributed by atoms with Crippen LogP contribution < -0.4 is 0 Å². The van der Waals surface area contributed by atoms with E-state index < -0.39 is 11.9 Å². The Labute approximate surface area is 109 Å². The lowest BCUT2D eigenvalue weighted by Gasteiger charge is -2.19. The number of carboxylic acids is 1. The van der Waals surface area contributed by atoms with Crippen LogP contribution in [0, 0.1) is 17.3 Å². The fourth-order valence-corrected chi connectivity index (χ4v) is 2.42. The van der Waals surface area contributed by atoms with Gasteiger partial charge >= 0.3 is 5.97 Å². The van der Waals surface area contributed by atoms with Crippen molar-refractivity contribution in [1.29, 1.82) is 0 Å². The van der Waals surface area contributed by atoms with E-state index >= 15 is 0 Å². The Bertz CT molecular complexity index is 319. The Kier molecular flexibility index (Phi) is 4.77. The molecule has 0 bridgehead atoms. The van der Waals surface area contributed by atoms with Crippen LogP contribution in [0.5, 0.6) is 0 Å². The van der Waals surface area contributed by atoms with Gasteiger partial charge in [-0.3, -0.25) is 9.59 Å². The smallest absolute Gasteiger partial charge is 0.308 e. The van der Waals surface area contributed by atoms with Crippen molar-refractivity contribution < 1.29 is 14.7 Å². The maximum Gasteiger partial charge on any atom is 0.308 e. The van der Waals surface area contributed by atoms with Gasteiger partial charge in [-0.05, 0) is 24.2 Å². The summed E-state index contributed by atoms with van der Waals surface area (Å²) in [5, 5.41) is 9.03. The Morgan fingerprint density at radius 1 is 1.28 bits per heavy atom. The Balaban J connectivity index is 2.38. The van der Waals surface area contributed by atoms with E-state index in [1.807, 2.05) is 6.92 Å². The number of hydrogen-bond donors (Lipinski definition) is 1. The van der Waals surface area contributed by atoms with Crippen molar-refractivity contribution in [1.82, 2.24) is 4.90 Å². The maximum absolute atomic E-state index is 12.0. The first kappa shape index (κ1) is 15.0. The lowest BCUT2D eigenvalue weighted by molar-refractivity contribution is -0.142. The molecule has 0 aromatic carbocycles. The summed E-state index contributed by atoms with van der Waals surface area (Å²) >= 11 is 0. The molecule has 4 heteroatoms. The number of hydrogen-bond acceptors (Lipinski definition) is 2. The molecule has 0 saturated carbocycles. The molecule has 1 amide bonds. The maximum atomic E-state index is 12.0. The van der Waals surface area contributed by atoms with E-state index in [-0.39, 0.29) is 17.2 Å². The summed E-state index contributed by atoms with van der Waals surface area (Å²) in [5.74, 6) is -1.01. The highest BCUT2D eigenvalue weighted by molar-refractivity contribution is 5.78. The van der Waals surface area contributed by atoms with E-state index in [1.54, 1.807) is 4.90 Å². The number of carboxylic acid groups (broad SMARTS) is 1. The van der Waals surface area contributed by atoms with E-state index in [2.05, 4.69) is 20.8 Å².